The Kier molecular flexibility index (Phi) is 3.17. The number of anilines is 1. The largest absolute Gasteiger partial charge is 0.322 e. The zero-order valence-corrected chi connectivity index (χ0v) is 12.2. The Bertz CT molecular complexity index is 835. The summed E-state index contributed by atoms with van der Waals surface area (Å²) in [6, 6.07) is 9.49. The molecule has 5 heteroatoms. The van der Waals surface area contributed by atoms with E-state index in [1.165, 1.54) is 0 Å². The van der Waals surface area contributed by atoms with Gasteiger partial charge in [0.1, 0.15) is 5.82 Å². The number of fused-ring (bicyclic) bond motifs is 1. The third kappa shape index (κ3) is 2.50. The fourth-order valence-electron chi connectivity index (χ4n) is 2.22. The maximum atomic E-state index is 12.4. The first kappa shape index (κ1) is 13.3. The molecule has 0 radical (unpaired) electrons. The SMILES string of the molecule is Cc1ccc(C)c(NC(=O)c2ccn3c(C)nnc3c2)c1. The van der Waals surface area contributed by atoms with Gasteiger partial charge in [-0.2, -0.15) is 0 Å². The fraction of sp³-hybridized carbons (Fsp3) is 0.188. The normalized spacial score (nSPS) is 10.8. The molecule has 0 unspecified atom stereocenters. The number of pyridine rings is 1. The van der Waals surface area contributed by atoms with Crippen molar-refractivity contribution in [2.75, 3.05) is 5.32 Å². The van der Waals surface area contributed by atoms with Crippen molar-refractivity contribution < 1.29 is 4.79 Å². The van der Waals surface area contributed by atoms with Crippen molar-refractivity contribution in [2.45, 2.75) is 20.8 Å². The highest BCUT2D eigenvalue weighted by atomic mass is 16.1. The van der Waals surface area contributed by atoms with Crippen LogP contribution in [0.4, 0.5) is 5.69 Å². The molecule has 0 aliphatic heterocycles. The molecule has 0 aliphatic rings. The van der Waals surface area contributed by atoms with Crippen LogP contribution in [0.15, 0.2) is 36.5 Å². The minimum atomic E-state index is -0.146. The van der Waals surface area contributed by atoms with E-state index in [0.717, 1.165) is 22.6 Å². The minimum Gasteiger partial charge on any atom is -0.322 e. The second kappa shape index (κ2) is 5.01. The van der Waals surface area contributed by atoms with Crippen LogP contribution in [0.5, 0.6) is 0 Å². The molecule has 1 N–H and O–H groups in total. The number of benzene rings is 1. The molecular formula is C16H16N4O. The fourth-order valence-corrected chi connectivity index (χ4v) is 2.22. The quantitative estimate of drug-likeness (QED) is 0.785. The Labute approximate surface area is 122 Å². The molecule has 2 aromatic heterocycles. The zero-order chi connectivity index (χ0) is 15.0. The lowest BCUT2D eigenvalue weighted by molar-refractivity contribution is 0.102. The molecule has 2 heterocycles. The van der Waals surface area contributed by atoms with Crippen molar-refractivity contribution >= 4 is 17.2 Å². The van der Waals surface area contributed by atoms with Gasteiger partial charge in [-0.05, 0) is 50.1 Å². The molecule has 106 valence electrons. The molecule has 1 amide bonds. The van der Waals surface area contributed by atoms with Gasteiger partial charge in [-0.3, -0.25) is 9.20 Å². The number of rotatable bonds is 2. The van der Waals surface area contributed by atoms with Gasteiger partial charge in [-0.25, -0.2) is 0 Å². The highest BCUT2D eigenvalue weighted by Gasteiger charge is 2.10. The summed E-state index contributed by atoms with van der Waals surface area (Å²) >= 11 is 0. The lowest BCUT2D eigenvalue weighted by Gasteiger charge is -2.09. The zero-order valence-electron chi connectivity index (χ0n) is 12.2. The number of aromatic nitrogens is 3. The number of hydrogen-bond donors (Lipinski definition) is 1. The molecule has 0 saturated carbocycles. The monoisotopic (exact) mass is 280 g/mol. The maximum absolute atomic E-state index is 12.4. The third-order valence-corrected chi connectivity index (χ3v) is 3.48. The number of nitrogens with one attached hydrogen (secondary N) is 1. The molecule has 0 saturated heterocycles. The first-order chi connectivity index (χ1) is 10.0. The number of aryl methyl sites for hydroxylation is 3. The molecule has 0 fully saturated rings. The molecular weight excluding hydrogens is 264 g/mol. The Morgan fingerprint density at radius 1 is 1.10 bits per heavy atom. The van der Waals surface area contributed by atoms with Crippen molar-refractivity contribution in [3.05, 3.63) is 59.0 Å². The molecule has 5 nitrogen and oxygen atoms in total. The smallest absolute Gasteiger partial charge is 0.255 e. The van der Waals surface area contributed by atoms with Crippen LogP contribution in [0.1, 0.15) is 27.3 Å². The van der Waals surface area contributed by atoms with E-state index in [1.807, 2.05) is 49.6 Å². The lowest BCUT2D eigenvalue weighted by atomic mass is 10.1. The summed E-state index contributed by atoms with van der Waals surface area (Å²) in [4.78, 5) is 12.4. The Morgan fingerprint density at radius 3 is 2.71 bits per heavy atom. The van der Waals surface area contributed by atoms with E-state index >= 15 is 0 Å². The number of nitrogens with zero attached hydrogens (tertiary/aromatic N) is 3. The average Bonchev–Trinajstić information content (AvgIpc) is 2.84. The lowest BCUT2D eigenvalue weighted by Crippen LogP contribution is -2.13. The van der Waals surface area contributed by atoms with Gasteiger partial charge in [0, 0.05) is 17.4 Å². The summed E-state index contributed by atoms with van der Waals surface area (Å²) in [5, 5.41) is 11.0. The molecule has 3 aromatic rings. The van der Waals surface area contributed by atoms with Crippen molar-refractivity contribution in [1.82, 2.24) is 14.6 Å². The van der Waals surface area contributed by atoms with E-state index in [1.54, 1.807) is 12.1 Å². The molecule has 0 bridgehead atoms. The number of carbonyl (C=O) groups excluding carboxylic acids is 1. The van der Waals surface area contributed by atoms with Crippen LogP contribution < -0.4 is 5.32 Å². The molecule has 0 spiro atoms. The van der Waals surface area contributed by atoms with Crippen molar-refractivity contribution in [3.63, 3.8) is 0 Å². The molecule has 1 aromatic carbocycles. The molecule has 21 heavy (non-hydrogen) atoms. The highest BCUT2D eigenvalue weighted by Crippen LogP contribution is 2.18. The summed E-state index contributed by atoms with van der Waals surface area (Å²) < 4.78 is 1.84. The van der Waals surface area contributed by atoms with Gasteiger partial charge < -0.3 is 5.32 Å². The first-order valence-electron chi connectivity index (χ1n) is 6.74. The topological polar surface area (TPSA) is 59.3 Å². The molecule has 0 atom stereocenters. The summed E-state index contributed by atoms with van der Waals surface area (Å²) in [7, 11) is 0. The van der Waals surface area contributed by atoms with Crippen LogP contribution in [0, 0.1) is 20.8 Å². The van der Waals surface area contributed by atoms with Crippen molar-refractivity contribution in [3.8, 4) is 0 Å². The van der Waals surface area contributed by atoms with Gasteiger partial charge in [0.2, 0.25) is 0 Å². The maximum Gasteiger partial charge on any atom is 0.255 e. The van der Waals surface area contributed by atoms with Crippen LogP contribution in [0.25, 0.3) is 5.65 Å². The van der Waals surface area contributed by atoms with Gasteiger partial charge in [-0.15, -0.1) is 10.2 Å². The summed E-state index contributed by atoms with van der Waals surface area (Å²) in [6.07, 6.45) is 1.81. The number of carbonyl (C=O) groups is 1. The van der Waals surface area contributed by atoms with Crippen molar-refractivity contribution in [1.29, 1.82) is 0 Å². The Morgan fingerprint density at radius 2 is 1.90 bits per heavy atom. The van der Waals surface area contributed by atoms with E-state index in [0.29, 0.717) is 11.2 Å². The minimum absolute atomic E-state index is 0.146. The van der Waals surface area contributed by atoms with Crippen LogP contribution in [-0.2, 0) is 0 Å². The van der Waals surface area contributed by atoms with Crippen LogP contribution in [0.3, 0.4) is 0 Å². The third-order valence-electron chi connectivity index (χ3n) is 3.48. The van der Waals surface area contributed by atoms with E-state index in [-0.39, 0.29) is 5.91 Å². The van der Waals surface area contributed by atoms with Crippen LogP contribution in [0.2, 0.25) is 0 Å². The standard InChI is InChI=1S/C16H16N4O/c1-10-4-5-11(2)14(8-10)17-16(21)13-6-7-20-12(3)18-19-15(20)9-13/h4-9H,1-3H3,(H,17,21). The summed E-state index contributed by atoms with van der Waals surface area (Å²) in [5.41, 5.74) is 4.21. The van der Waals surface area contributed by atoms with Gasteiger partial charge in [0.15, 0.2) is 5.65 Å². The molecule has 3 rings (SSSR count). The highest BCUT2D eigenvalue weighted by molar-refractivity contribution is 6.05. The van der Waals surface area contributed by atoms with Gasteiger partial charge in [0.05, 0.1) is 0 Å². The Balaban J connectivity index is 1.91. The predicted octanol–water partition coefficient (Wildman–Crippen LogP) is 2.91. The predicted molar refractivity (Wildman–Crippen MR) is 81.6 cm³/mol. The summed E-state index contributed by atoms with van der Waals surface area (Å²) in [5.74, 6) is 0.651. The first-order valence-corrected chi connectivity index (χ1v) is 6.74. The van der Waals surface area contributed by atoms with E-state index < -0.39 is 0 Å². The number of hydrogen-bond acceptors (Lipinski definition) is 3. The van der Waals surface area contributed by atoms with Crippen LogP contribution >= 0.6 is 0 Å². The van der Waals surface area contributed by atoms with Crippen molar-refractivity contribution in [2.24, 2.45) is 0 Å². The average molecular weight is 280 g/mol. The van der Waals surface area contributed by atoms with Crippen LogP contribution in [-0.4, -0.2) is 20.5 Å². The van der Waals surface area contributed by atoms with Gasteiger partial charge >= 0.3 is 0 Å². The second-order valence-electron chi connectivity index (χ2n) is 5.16. The Hall–Kier alpha value is -2.69. The van der Waals surface area contributed by atoms with Gasteiger partial charge in [0.25, 0.3) is 5.91 Å². The number of amides is 1. The second-order valence-corrected chi connectivity index (χ2v) is 5.16. The van der Waals surface area contributed by atoms with Gasteiger partial charge in [-0.1, -0.05) is 12.1 Å². The van der Waals surface area contributed by atoms with E-state index in [9.17, 15) is 4.79 Å². The van der Waals surface area contributed by atoms with E-state index in [4.69, 9.17) is 0 Å². The van der Waals surface area contributed by atoms with E-state index in [2.05, 4.69) is 15.5 Å². The summed E-state index contributed by atoms with van der Waals surface area (Å²) in [6.45, 7) is 5.84. The molecule has 0 aliphatic carbocycles.